The average Bonchev–Trinajstić information content (AvgIpc) is 2.42. The fraction of sp³-hybridized carbons (Fsp3) is 0. The van der Waals surface area contributed by atoms with E-state index in [1.807, 2.05) is 24.3 Å². The zero-order valence-electron chi connectivity index (χ0n) is 9.68. The molecule has 0 spiro atoms. The van der Waals surface area contributed by atoms with Crippen molar-refractivity contribution in [2.75, 3.05) is 0 Å². The lowest BCUT2D eigenvalue weighted by atomic mass is 10.2. The van der Waals surface area contributed by atoms with Crippen LogP contribution in [0.5, 0.6) is 11.6 Å². The van der Waals surface area contributed by atoms with Crippen LogP contribution in [-0.4, -0.2) is 9.97 Å². The number of fused-ring (bicyclic) bond motifs is 1. The molecular formula is C14H8BrClN2O. The van der Waals surface area contributed by atoms with Gasteiger partial charge in [-0.1, -0.05) is 23.7 Å². The van der Waals surface area contributed by atoms with Crippen LogP contribution in [-0.2, 0) is 0 Å². The number of hydrogen-bond donors (Lipinski definition) is 0. The fourth-order valence-electron chi connectivity index (χ4n) is 1.72. The number of ether oxygens (including phenoxy) is 1. The molecule has 1 aromatic heterocycles. The van der Waals surface area contributed by atoms with Crippen LogP contribution in [0.25, 0.3) is 10.9 Å². The number of para-hydroxylation sites is 1. The maximum absolute atomic E-state index is 5.90. The molecule has 19 heavy (non-hydrogen) atoms. The maximum Gasteiger partial charge on any atom is 0.230 e. The van der Waals surface area contributed by atoms with Crippen molar-refractivity contribution in [2.24, 2.45) is 0 Å². The van der Waals surface area contributed by atoms with Gasteiger partial charge >= 0.3 is 0 Å². The Kier molecular flexibility index (Phi) is 3.36. The lowest BCUT2D eigenvalue weighted by Gasteiger charge is -2.08. The Morgan fingerprint density at radius 3 is 2.74 bits per heavy atom. The molecule has 2 aromatic carbocycles. The van der Waals surface area contributed by atoms with Gasteiger partial charge in [-0.3, -0.25) is 0 Å². The van der Waals surface area contributed by atoms with E-state index in [-0.39, 0.29) is 0 Å². The molecule has 0 N–H and O–H groups in total. The Morgan fingerprint density at radius 2 is 1.89 bits per heavy atom. The highest BCUT2D eigenvalue weighted by atomic mass is 79.9. The smallest absolute Gasteiger partial charge is 0.230 e. The molecule has 0 fully saturated rings. The molecule has 0 saturated heterocycles. The van der Waals surface area contributed by atoms with Gasteiger partial charge in [0.2, 0.25) is 5.88 Å². The summed E-state index contributed by atoms with van der Waals surface area (Å²) in [7, 11) is 0. The van der Waals surface area contributed by atoms with Crippen LogP contribution in [0.15, 0.2) is 53.3 Å². The second-order valence-corrected chi connectivity index (χ2v) is 5.16. The molecule has 3 aromatic rings. The van der Waals surface area contributed by atoms with Crippen molar-refractivity contribution in [3.63, 3.8) is 0 Å². The molecule has 1 heterocycles. The first-order valence-electron chi connectivity index (χ1n) is 5.57. The van der Waals surface area contributed by atoms with E-state index in [2.05, 4.69) is 25.9 Å². The predicted octanol–water partition coefficient (Wildman–Crippen LogP) is 4.84. The number of benzene rings is 2. The topological polar surface area (TPSA) is 35.0 Å². The van der Waals surface area contributed by atoms with Crippen LogP contribution in [0.4, 0.5) is 0 Å². The summed E-state index contributed by atoms with van der Waals surface area (Å²) in [5, 5.41) is 1.51. The summed E-state index contributed by atoms with van der Waals surface area (Å²) in [5.41, 5.74) is 0.845. The summed E-state index contributed by atoms with van der Waals surface area (Å²) < 4.78 is 6.60. The Bertz CT molecular complexity index is 743. The molecule has 0 saturated carbocycles. The minimum absolute atomic E-state index is 0.522. The van der Waals surface area contributed by atoms with E-state index < -0.39 is 0 Å². The van der Waals surface area contributed by atoms with Gasteiger partial charge in [-0.25, -0.2) is 9.97 Å². The highest BCUT2D eigenvalue weighted by molar-refractivity contribution is 9.10. The number of halogens is 2. The Balaban J connectivity index is 2.06. The van der Waals surface area contributed by atoms with Gasteiger partial charge in [-0.2, -0.15) is 0 Å². The normalized spacial score (nSPS) is 10.6. The second kappa shape index (κ2) is 5.15. The van der Waals surface area contributed by atoms with Gasteiger partial charge < -0.3 is 4.74 Å². The Hall–Kier alpha value is -1.65. The lowest BCUT2D eigenvalue weighted by molar-refractivity contribution is 0.465. The van der Waals surface area contributed by atoms with Crippen molar-refractivity contribution in [3.05, 3.63) is 58.3 Å². The monoisotopic (exact) mass is 334 g/mol. The molecule has 0 aliphatic rings. The summed E-state index contributed by atoms with van der Waals surface area (Å²) in [4.78, 5) is 8.37. The fourth-order valence-corrected chi connectivity index (χ4v) is 2.49. The van der Waals surface area contributed by atoms with E-state index >= 15 is 0 Å². The molecule has 0 radical (unpaired) electrons. The quantitative estimate of drug-likeness (QED) is 0.672. The first kappa shape index (κ1) is 12.4. The zero-order chi connectivity index (χ0) is 13.2. The molecule has 5 heteroatoms. The summed E-state index contributed by atoms with van der Waals surface area (Å²) in [6, 6.07) is 13.0. The summed E-state index contributed by atoms with van der Waals surface area (Å²) in [6.45, 7) is 0. The van der Waals surface area contributed by atoms with E-state index in [1.165, 1.54) is 6.33 Å². The molecule has 0 aliphatic heterocycles. The molecule has 0 bridgehead atoms. The number of nitrogens with zero attached hydrogens (tertiary/aromatic N) is 2. The average molecular weight is 336 g/mol. The molecular weight excluding hydrogens is 328 g/mol. The third-order valence-corrected chi connectivity index (χ3v) is 3.46. The molecule has 94 valence electrons. The number of rotatable bonds is 2. The van der Waals surface area contributed by atoms with Crippen LogP contribution in [0.3, 0.4) is 0 Å². The predicted molar refractivity (Wildman–Crippen MR) is 78.8 cm³/mol. The minimum atomic E-state index is 0.522. The van der Waals surface area contributed by atoms with Crippen molar-refractivity contribution in [2.45, 2.75) is 0 Å². The third kappa shape index (κ3) is 2.55. The molecule has 0 amide bonds. The van der Waals surface area contributed by atoms with E-state index in [1.54, 1.807) is 18.2 Å². The van der Waals surface area contributed by atoms with Crippen LogP contribution in [0.1, 0.15) is 0 Å². The Morgan fingerprint density at radius 1 is 1.05 bits per heavy atom. The second-order valence-electron chi connectivity index (χ2n) is 3.87. The minimum Gasteiger partial charge on any atom is -0.437 e. The van der Waals surface area contributed by atoms with Gasteiger partial charge in [0.05, 0.1) is 15.4 Å². The summed E-state index contributed by atoms with van der Waals surface area (Å²) in [6.07, 6.45) is 1.49. The van der Waals surface area contributed by atoms with Crippen molar-refractivity contribution in [1.29, 1.82) is 0 Å². The largest absolute Gasteiger partial charge is 0.437 e. The number of aromatic nitrogens is 2. The molecule has 0 unspecified atom stereocenters. The van der Waals surface area contributed by atoms with Crippen molar-refractivity contribution >= 4 is 38.4 Å². The zero-order valence-corrected chi connectivity index (χ0v) is 12.0. The van der Waals surface area contributed by atoms with E-state index in [9.17, 15) is 0 Å². The summed E-state index contributed by atoms with van der Waals surface area (Å²) in [5.74, 6) is 1.18. The SMILES string of the molecule is Clc1ccc(Oc2ncnc3ccccc23)c(Br)c1. The summed E-state index contributed by atoms with van der Waals surface area (Å²) >= 11 is 9.32. The van der Waals surface area contributed by atoms with Gasteiger partial charge in [0.1, 0.15) is 12.1 Å². The van der Waals surface area contributed by atoms with E-state index in [0.717, 1.165) is 15.4 Å². The Labute approximate surface area is 123 Å². The maximum atomic E-state index is 5.90. The van der Waals surface area contributed by atoms with Crippen molar-refractivity contribution in [1.82, 2.24) is 9.97 Å². The van der Waals surface area contributed by atoms with E-state index in [0.29, 0.717) is 16.7 Å². The van der Waals surface area contributed by atoms with Crippen LogP contribution in [0, 0.1) is 0 Å². The van der Waals surface area contributed by atoms with Crippen LogP contribution >= 0.6 is 27.5 Å². The van der Waals surface area contributed by atoms with Crippen molar-refractivity contribution in [3.8, 4) is 11.6 Å². The molecule has 3 rings (SSSR count). The van der Waals surface area contributed by atoms with Gasteiger partial charge in [0.15, 0.2) is 0 Å². The van der Waals surface area contributed by atoms with Crippen LogP contribution in [0.2, 0.25) is 5.02 Å². The highest BCUT2D eigenvalue weighted by Gasteiger charge is 2.08. The van der Waals surface area contributed by atoms with Gasteiger partial charge in [-0.05, 0) is 46.3 Å². The van der Waals surface area contributed by atoms with E-state index in [4.69, 9.17) is 16.3 Å². The van der Waals surface area contributed by atoms with Gasteiger partial charge in [-0.15, -0.1) is 0 Å². The first-order chi connectivity index (χ1) is 9.24. The van der Waals surface area contributed by atoms with Crippen molar-refractivity contribution < 1.29 is 4.74 Å². The molecule has 0 aliphatic carbocycles. The van der Waals surface area contributed by atoms with Gasteiger partial charge in [0, 0.05) is 5.02 Å². The lowest BCUT2D eigenvalue weighted by Crippen LogP contribution is -1.91. The standard InChI is InChI=1S/C14H8BrClN2O/c15-11-7-9(16)5-6-13(11)19-14-10-3-1-2-4-12(10)17-8-18-14/h1-8H. The number of hydrogen-bond acceptors (Lipinski definition) is 3. The van der Waals surface area contributed by atoms with Crippen LogP contribution < -0.4 is 4.74 Å². The first-order valence-corrected chi connectivity index (χ1v) is 6.74. The third-order valence-electron chi connectivity index (χ3n) is 2.61. The highest BCUT2D eigenvalue weighted by Crippen LogP contribution is 2.33. The molecule has 0 atom stereocenters. The molecule has 3 nitrogen and oxygen atoms in total. The van der Waals surface area contributed by atoms with Gasteiger partial charge in [0.25, 0.3) is 0 Å².